The molecule has 0 fully saturated rings. The first kappa shape index (κ1) is 7.59. The SMILES string of the molecule is COc1cc(I)cc[n+]1[O-]. The third-order valence-corrected chi connectivity index (χ3v) is 1.73. The molecular weight excluding hydrogens is 245 g/mol. The molecule has 0 aliphatic rings. The second-order valence-corrected chi connectivity index (χ2v) is 2.96. The molecule has 1 aromatic rings. The van der Waals surface area contributed by atoms with Gasteiger partial charge in [-0.1, -0.05) is 0 Å². The van der Waals surface area contributed by atoms with Gasteiger partial charge in [0.25, 0.3) is 0 Å². The van der Waals surface area contributed by atoms with Crippen molar-refractivity contribution in [3.63, 3.8) is 0 Å². The largest absolute Gasteiger partial charge is 0.616 e. The number of hydrogen-bond donors (Lipinski definition) is 0. The first-order valence-electron chi connectivity index (χ1n) is 2.67. The second kappa shape index (κ2) is 3.05. The van der Waals surface area contributed by atoms with Crippen molar-refractivity contribution < 1.29 is 9.47 Å². The maximum Gasteiger partial charge on any atom is 0.380 e. The molecule has 0 aliphatic carbocycles. The molecule has 0 amide bonds. The first-order chi connectivity index (χ1) is 4.74. The van der Waals surface area contributed by atoms with E-state index in [2.05, 4.69) is 22.6 Å². The Hall–Kier alpha value is -0.520. The summed E-state index contributed by atoms with van der Waals surface area (Å²) in [6.07, 6.45) is 1.42. The molecule has 0 N–H and O–H groups in total. The lowest BCUT2D eigenvalue weighted by Crippen LogP contribution is -2.27. The van der Waals surface area contributed by atoms with E-state index in [9.17, 15) is 5.21 Å². The highest BCUT2D eigenvalue weighted by molar-refractivity contribution is 14.1. The van der Waals surface area contributed by atoms with E-state index in [1.807, 2.05) is 0 Å². The third kappa shape index (κ3) is 1.50. The van der Waals surface area contributed by atoms with Crippen molar-refractivity contribution in [2.24, 2.45) is 0 Å². The van der Waals surface area contributed by atoms with Gasteiger partial charge < -0.3 is 9.94 Å². The van der Waals surface area contributed by atoms with Crippen LogP contribution in [0.3, 0.4) is 0 Å². The van der Waals surface area contributed by atoms with Crippen LogP contribution in [0.2, 0.25) is 0 Å². The van der Waals surface area contributed by atoms with Crippen LogP contribution in [-0.4, -0.2) is 7.11 Å². The number of hydrogen-bond acceptors (Lipinski definition) is 2. The fourth-order valence-electron chi connectivity index (χ4n) is 0.591. The van der Waals surface area contributed by atoms with Crippen LogP contribution in [0, 0.1) is 8.78 Å². The Labute approximate surface area is 72.3 Å². The molecule has 0 spiro atoms. The van der Waals surface area contributed by atoms with E-state index in [-0.39, 0.29) is 0 Å². The lowest BCUT2D eigenvalue weighted by Gasteiger charge is -2.00. The zero-order valence-electron chi connectivity index (χ0n) is 5.37. The van der Waals surface area contributed by atoms with E-state index in [0.29, 0.717) is 10.6 Å². The zero-order chi connectivity index (χ0) is 7.56. The van der Waals surface area contributed by atoms with Crippen molar-refractivity contribution in [2.75, 3.05) is 7.11 Å². The number of methoxy groups -OCH3 is 1. The van der Waals surface area contributed by atoms with E-state index in [1.165, 1.54) is 13.3 Å². The van der Waals surface area contributed by atoms with Crippen LogP contribution in [-0.2, 0) is 0 Å². The van der Waals surface area contributed by atoms with Crippen LogP contribution < -0.4 is 9.47 Å². The molecule has 4 heteroatoms. The summed E-state index contributed by atoms with van der Waals surface area (Å²) in [4.78, 5) is 0. The second-order valence-electron chi connectivity index (χ2n) is 1.71. The Morgan fingerprint density at radius 1 is 1.70 bits per heavy atom. The van der Waals surface area contributed by atoms with Crippen LogP contribution in [0.5, 0.6) is 5.88 Å². The molecular formula is C6H6INO2. The summed E-state index contributed by atoms with van der Waals surface area (Å²) in [5, 5.41) is 10.8. The molecule has 10 heavy (non-hydrogen) atoms. The van der Waals surface area contributed by atoms with Crippen LogP contribution >= 0.6 is 22.6 Å². The van der Waals surface area contributed by atoms with Gasteiger partial charge in [0, 0.05) is 9.64 Å². The van der Waals surface area contributed by atoms with Crippen molar-refractivity contribution in [2.45, 2.75) is 0 Å². The van der Waals surface area contributed by atoms with E-state index < -0.39 is 0 Å². The Morgan fingerprint density at radius 2 is 2.40 bits per heavy atom. The van der Waals surface area contributed by atoms with Gasteiger partial charge in [-0.05, 0) is 22.6 Å². The molecule has 0 unspecified atom stereocenters. The molecule has 0 aliphatic heterocycles. The van der Waals surface area contributed by atoms with Gasteiger partial charge in [-0.2, -0.15) is 0 Å². The van der Waals surface area contributed by atoms with Crippen molar-refractivity contribution >= 4 is 22.6 Å². The molecule has 1 heterocycles. The Kier molecular flexibility index (Phi) is 2.31. The zero-order valence-corrected chi connectivity index (χ0v) is 7.53. The smallest absolute Gasteiger partial charge is 0.380 e. The minimum atomic E-state index is 0.326. The van der Waals surface area contributed by atoms with Crippen LogP contribution in [0.4, 0.5) is 0 Å². The molecule has 0 atom stereocenters. The van der Waals surface area contributed by atoms with Crippen LogP contribution in [0.1, 0.15) is 0 Å². The summed E-state index contributed by atoms with van der Waals surface area (Å²) in [7, 11) is 1.47. The van der Waals surface area contributed by atoms with Crippen molar-refractivity contribution in [1.82, 2.24) is 0 Å². The number of halogens is 1. The van der Waals surface area contributed by atoms with Crippen LogP contribution in [0.25, 0.3) is 0 Å². The fraction of sp³-hybridized carbons (Fsp3) is 0.167. The molecule has 3 nitrogen and oxygen atoms in total. The quantitative estimate of drug-likeness (QED) is 0.423. The highest BCUT2D eigenvalue weighted by Gasteiger charge is 2.02. The molecule has 1 rings (SSSR count). The summed E-state index contributed by atoms with van der Waals surface area (Å²) < 4.78 is 6.44. The average Bonchev–Trinajstić information content (AvgIpc) is 1.94. The van der Waals surface area contributed by atoms with Gasteiger partial charge in [-0.25, -0.2) is 0 Å². The van der Waals surface area contributed by atoms with Gasteiger partial charge in [0.05, 0.1) is 13.2 Å². The number of pyridine rings is 1. The van der Waals surface area contributed by atoms with Gasteiger partial charge in [0.15, 0.2) is 6.20 Å². The summed E-state index contributed by atoms with van der Waals surface area (Å²) in [6, 6.07) is 3.39. The van der Waals surface area contributed by atoms with E-state index >= 15 is 0 Å². The topological polar surface area (TPSA) is 36.2 Å². The summed E-state index contributed by atoms with van der Waals surface area (Å²) in [5.41, 5.74) is 0. The predicted molar refractivity (Wildman–Crippen MR) is 44.7 cm³/mol. The molecule has 54 valence electrons. The third-order valence-electron chi connectivity index (χ3n) is 1.06. The van der Waals surface area contributed by atoms with Gasteiger partial charge >= 0.3 is 5.88 Å². The van der Waals surface area contributed by atoms with E-state index in [1.54, 1.807) is 12.1 Å². The molecule has 0 saturated heterocycles. The minimum Gasteiger partial charge on any atom is -0.616 e. The van der Waals surface area contributed by atoms with Crippen molar-refractivity contribution in [1.29, 1.82) is 0 Å². The first-order valence-corrected chi connectivity index (χ1v) is 3.74. The maximum atomic E-state index is 10.8. The Bertz CT molecular complexity index is 239. The van der Waals surface area contributed by atoms with Gasteiger partial charge in [0.2, 0.25) is 0 Å². The molecule has 0 saturated carbocycles. The maximum absolute atomic E-state index is 10.8. The number of aromatic nitrogens is 1. The normalized spacial score (nSPS) is 9.40. The predicted octanol–water partition coefficient (Wildman–Crippen LogP) is 0.933. The van der Waals surface area contributed by atoms with Crippen LogP contribution in [0.15, 0.2) is 18.3 Å². The monoisotopic (exact) mass is 251 g/mol. The lowest BCUT2D eigenvalue weighted by atomic mass is 10.5. The number of nitrogens with zero attached hydrogens (tertiary/aromatic N) is 1. The average molecular weight is 251 g/mol. The van der Waals surface area contributed by atoms with Crippen molar-refractivity contribution in [3.05, 3.63) is 27.1 Å². The van der Waals surface area contributed by atoms with Crippen molar-refractivity contribution in [3.8, 4) is 5.88 Å². The molecule has 0 bridgehead atoms. The lowest BCUT2D eigenvalue weighted by molar-refractivity contribution is -0.612. The van der Waals surface area contributed by atoms with E-state index in [4.69, 9.17) is 4.74 Å². The Balaban J connectivity index is 3.09. The highest BCUT2D eigenvalue weighted by atomic mass is 127. The summed E-state index contributed by atoms with van der Waals surface area (Å²) >= 11 is 2.11. The van der Waals surface area contributed by atoms with Gasteiger partial charge in [-0.3, -0.25) is 0 Å². The standard InChI is InChI=1S/C6H6INO2/c1-10-6-4-5(7)2-3-8(6)9/h2-4H,1H3. The molecule has 1 aromatic heterocycles. The highest BCUT2D eigenvalue weighted by Crippen LogP contribution is 2.07. The summed E-state index contributed by atoms with van der Waals surface area (Å²) in [6.45, 7) is 0. The molecule has 0 radical (unpaired) electrons. The molecule has 0 aromatic carbocycles. The summed E-state index contributed by atoms with van der Waals surface area (Å²) in [5.74, 6) is 0.326. The van der Waals surface area contributed by atoms with Gasteiger partial charge in [-0.15, -0.1) is 4.73 Å². The Morgan fingerprint density at radius 3 is 2.90 bits per heavy atom. The number of ether oxygens (including phenoxy) is 1. The number of rotatable bonds is 1. The fourth-order valence-corrected chi connectivity index (χ4v) is 1.02. The van der Waals surface area contributed by atoms with Gasteiger partial charge in [0.1, 0.15) is 0 Å². The minimum absolute atomic E-state index is 0.326. The van der Waals surface area contributed by atoms with E-state index in [0.717, 1.165) is 3.57 Å².